The maximum absolute atomic E-state index is 12.4. The molecule has 2 rings (SSSR count). The number of carbonyl (C=O) groups is 1. The first-order valence-corrected chi connectivity index (χ1v) is 7.10. The van der Waals surface area contributed by atoms with E-state index < -0.39 is 0 Å². The molecule has 4 heteroatoms. The van der Waals surface area contributed by atoms with Gasteiger partial charge in [0.05, 0.1) is 6.04 Å². The third-order valence-corrected chi connectivity index (χ3v) is 4.32. The Bertz CT molecular complexity index is 534. The molecule has 1 unspecified atom stereocenters. The first-order valence-electron chi connectivity index (χ1n) is 6.22. The van der Waals surface area contributed by atoms with Gasteiger partial charge in [-0.1, -0.05) is 6.07 Å². The van der Waals surface area contributed by atoms with Gasteiger partial charge in [0.1, 0.15) is 0 Å². The lowest BCUT2D eigenvalue weighted by Crippen LogP contribution is -2.29. The molecule has 0 spiro atoms. The van der Waals surface area contributed by atoms with Crippen LogP contribution in [-0.2, 0) is 0 Å². The molecular formula is C15H18N2OS. The Labute approximate surface area is 117 Å². The first-order chi connectivity index (χ1) is 9.13. The van der Waals surface area contributed by atoms with Crippen molar-refractivity contribution in [3.05, 3.63) is 52.2 Å². The molecule has 1 atom stereocenters. The van der Waals surface area contributed by atoms with Crippen LogP contribution in [0.2, 0.25) is 0 Å². The second-order valence-electron chi connectivity index (χ2n) is 4.43. The van der Waals surface area contributed by atoms with Gasteiger partial charge in [-0.2, -0.15) is 0 Å². The highest BCUT2D eigenvalue weighted by atomic mass is 32.1. The number of carbonyl (C=O) groups excluding carboxylic acids is 1. The zero-order chi connectivity index (χ0) is 13.8. The van der Waals surface area contributed by atoms with E-state index in [2.05, 4.69) is 11.4 Å². The summed E-state index contributed by atoms with van der Waals surface area (Å²) in [7, 11) is 3.71. The number of nitrogens with one attached hydrogen (secondary N) is 1. The number of rotatable bonds is 4. The summed E-state index contributed by atoms with van der Waals surface area (Å²) in [5.41, 5.74) is 1.72. The molecule has 1 heterocycles. The molecule has 100 valence electrons. The van der Waals surface area contributed by atoms with Crippen LogP contribution in [0.3, 0.4) is 0 Å². The van der Waals surface area contributed by atoms with E-state index in [1.807, 2.05) is 56.7 Å². The number of nitrogens with zero attached hydrogens (tertiary/aromatic N) is 1. The van der Waals surface area contributed by atoms with Crippen molar-refractivity contribution in [1.29, 1.82) is 0 Å². The molecule has 1 amide bonds. The van der Waals surface area contributed by atoms with Gasteiger partial charge in [-0.25, -0.2) is 0 Å². The maximum Gasteiger partial charge on any atom is 0.254 e. The van der Waals surface area contributed by atoms with E-state index in [1.54, 1.807) is 16.2 Å². The lowest BCUT2D eigenvalue weighted by molar-refractivity contribution is 0.0745. The molecule has 0 fully saturated rings. The van der Waals surface area contributed by atoms with Gasteiger partial charge >= 0.3 is 0 Å². The summed E-state index contributed by atoms with van der Waals surface area (Å²) in [4.78, 5) is 15.4. The van der Waals surface area contributed by atoms with Gasteiger partial charge in [0.25, 0.3) is 5.91 Å². The normalized spacial score (nSPS) is 11.9. The third kappa shape index (κ3) is 2.96. The van der Waals surface area contributed by atoms with Crippen LogP contribution in [0.1, 0.15) is 28.2 Å². The van der Waals surface area contributed by atoms with E-state index >= 15 is 0 Å². The van der Waals surface area contributed by atoms with Crippen molar-refractivity contribution in [2.45, 2.75) is 13.0 Å². The molecular weight excluding hydrogens is 256 g/mol. The Morgan fingerprint density at radius 2 is 1.95 bits per heavy atom. The van der Waals surface area contributed by atoms with Crippen LogP contribution >= 0.6 is 11.3 Å². The topological polar surface area (TPSA) is 32.3 Å². The van der Waals surface area contributed by atoms with Crippen molar-refractivity contribution in [1.82, 2.24) is 4.90 Å². The quantitative estimate of drug-likeness (QED) is 0.923. The Morgan fingerprint density at radius 3 is 2.47 bits per heavy atom. The van der Waals surface area contributed by atoms with E-state index in [9.17, 15) is 4.79 Å². The summed E-state index contributed by atoms with van der Waals surface area (Å²) in [6.45, 7) is 2.05. The van der Waals surface area contributed by atoms with E-state index in [0.717, 1.165) is 5.69 Å². The molecule has 0 aliphatic carbocycles. The zero-order valence-corrected chi connectivity index (χ0v) is 12.2. The summed E-state index contributed by atoms with van der Waals surface area (Å²) >= 11 is 1.67. The van der Waals surface area contributed by atoms with Crippen LogP contribution in [0.25, 0.3) is 0 Å². The van der Waals surface area contributed by atoms with Crippen LogP contribution in [0, 0.1) is 0 Å². The Morgan fingerprint density at radius 1 is 1.26 bits per heavy atom. The molecule has 0 aliphatic rings. The van der Waals surface area contributed by atoms with Gasteiger partial charge < -0.3 is 10.2 Å². The summed E-state index contributed by atoms with van der Waals surface area (Å²) in [5, 5.41) is 5.08. The lowest BCUT2D eigenvalue weighted by Gasteiger charge is -2.24. The van der Waals surface area contributed by atoms with Crippen molar-refractivity contribution in [3.63, 3.8) is 0 Å². The van der Waals surface area contributed by atoms with Crippen LogP contribution < -0.4 is 5.32 Å². The third-order valence-electron chi connectivity index (χ3n) is 3.28. The molecule has 3 nitrogen and oxygen atoms in total. The highest BCUT2D eigenvalue weighted by Gasteiger charge is 2.19. The summed E-state index contributed by atoms with van der Waals surface area (Å²) in [6.07, 6.45) is 0. The van der Waals surface area contributed by atoms with Gasteiger partial charge in [0, 0.05) is 30.2 Å². The fraction of sp³-hybridized carbons (Fsp3) is 0.267. The summed E-state index contributed by atoms with van der Waals surface area (Å²) < 4.78 is 0. The van der Waals surface area contributed by atoms with Gasteiger partial charge in [-0.3, -0.25) is 4.79 Å². The molecule has 1 N–H and O–H groups in total. The average molecular weight is 274 g/mol. The van der Waals surface area contributed by atoms with Crippen molar-refractivity contribution < 1.29 is 4.79 Å². The number of benzene rings is 1. The lowest BCUT2D eigenvalue weighted by atomic mass is 10.1. The van der Waals surface area contributed by atoms with Crippen molar-refractivity contribution in [2.24, 2.45) is 0 Å². The predicted octanol–water partition coefficient (Wildman–Crippen LogP) is 3.62. The number of amides is 1. The van der Waals surface area contributed by atoms with Crippen molar-refractivity contribution in [2.75, 3.05) is 19.4 Å². The smallest absolute Gasteiger partial charge is 0.254 e. The summed E-state index contributed by atoms with van der Waals surface area (Å²) in [5.74, 6) is 0.0450. The maximum atomic E-state index is 12.4. The van der Waals surface area contributed by atoms with Crippen LogP contribution in [0.5, 0.6) is 0 Å². The Hall–Kier alpha value is -1.81. The number of hydrogen-bond donors (Lipinski definition) is 1. The van der Waals surface area contributed by atoms with Crippen molar-refractivity contribution in [3.8, 4) is 0 Å². The minimum absolute atomic E-state index is 0.0450. The van der Waals surface area contributed by atoms with Gasteiger partial charge in [0.2, 0.25) is 0 Å². The Kier molecular flexibility index (Phi) is 4.22. The van der Waals surface area contributed by atoms with E-state index in [1.165, 1.54) is 4.88 Å². The molecule has 0 bridgehead atoms. The molecule has 1 aromatic carbocycles. The zero-order valence-electron chi connectivity index (χ0n) is 11.4. The Balaban J connectivity index is 2.14. The van der Waals surface area contributed by atoms with Gasteiger partial charge in [-0.05, 0) is 42.6 Å². The number of hydrogen-bond acceptors (Lipinski definition) is 3. The minimum atomic E-state index is 0.0450. The second kappa shape index (κ2) is 5.89. The highest BCUT2D eigenvalue weighted by molar-refractivity contribution is 7.10. The summed E-state index contributed by atoms with van der Waals surface area (Å²) in [6, 6.07) is 11.7. The first kappa shape index (κ1) is 13.6. The molecule has 0 saturated heterocycles. The monoisotopic (exact) mass is 274 g/mol. The van der Waals surface area contributed by atoms with E-state index in [4.69, 9.17) is 0 Å². The predicted molar refractivity (Wildman–Crippen MR) is 80.8 cm³/mol. The van der Waals surface area contributed by atoms with Crippen LogP contribution in [0.4, 0.5) is 5.69 Å². The molecule has 0 saturated carbocycles. The van der Waals surface area contributed by atoms with Gasteiger partial charge in [-0.15, -0.1) is 11.3 Å². The number of anilines is 1. The SMILES string of the molecule is CNc1ccc(C(=O)N(C)C(C)c2cccs2)cc1. The number of thiophene rings is 1. The van der Waals surface area contributed by atoms with E-state index in [0.29, 0.717) is 5.56 Å². The van der Waals surface area contributed by atoms with Crippen LogP contribution in [-0.4, -0.2) is 24.9 Å². The molecule has 1 aromatic heterocycles. The van der Waals surface area contributed by atoms with E-state index in [-0.39, 0.29) is 11.9 Å². The molecule has 0 radical (unpaired) electrons. The highest BCUT2D eigenvalue weighted by Crippen LogP contribution is 2.24. The van der Waals surface area contributed by atoms with Crippen molar-refractivity contribution >= 4 is 22.9 Å². The van der Waals surface area contributed by atoms with Gasteiger partial charge in [0.15, 0.2) is 0 Å². The minimum Gasteiger partial charge on any atom is -0.388 e. The fourth-order valence-corrected chi connectivity index (χ4v) is 2.71. The molecule has 0 aliphatic heterocycles. The molecule has 19 heavy (non-hydrogen) atoms. The standard InChI is InChI=1S/C15H18N2OS/c1-11(14-5-4-10-19-14)17(3)15(18)12-6-8-13(16-2)9-7-12/h4-11,16H,1-3H3. The van der Waals surface area contributed by atoms with Crippen LogP contribution in [0.15, 0.2) is 41.8 Å². The fourth-order valence-electron chi connectivity index (χ4n) is 1.88. The molecule has 2 aromatic rings. The second-order valence-corrected chi connectivity index (χ2v) is 5.41. The largest absolute Gasteiger partial charge is 0.388 e. The average Bonchev–Trinajstić information content (AvgIpc) is 2.99.